The lowest BCUT2D eigenvalue weighted by Crippen LogP contribution is -2.46. The Hall–Kier alpha value is -1.92. The van der Waals surface area contributed by atoms with E-state index >= 15 is 0 Å². The van der Waals surface area contributed by atoms with E-state index in [-0.39, 0.29) is 11.9 Å². The van der Waals surface area contributed by atoms with Gasteiger partial charge in [0.2, 0.25) is 5.91 Å². The van der Waals surface area contributed by atoms with E-state index in [0.717, 1.165) is 16.4 Å². The summed E-state index contributed by atoms with van der Waals surface area (Å²) in [4.78, 5) is 18.8. The number of morpholine rings is 1. The molecule has 2 heterocycles. The van der Waals surface area contributed by atoms with Crippen LogP contribution in [0.1, 0.15) is 6.92 Å². The third-order valence-electron chi connectivity index (χ3n) is 3.61. The first-order chi connectivity index (χ1) is 10.7. The number of rotatable bonds is 4. The van der Waals surface area contributed by atoms with Gasteiger partial charge in [-0.3, -0.25) is 4.79 Å². The summed E-state index contributed by atoms with van der Waals surface area (Å²) in [6.45, 7) is 4.44. The second kappa shape index (κ2) is 6.89. The molecule has 1 saturated heterocycles. The molecular weight excluding hydrogens is 298 g/mol. The molecule has 1 aliphatic heterocycles. The maximum absolute atomic E-state index is 12.4. The van der Waals surface area contributed by atoms with Crippen LogP contribution < -0.4 is 5.32 Å². The molecule has 3 rings (SSSR count). The Morgan fingerprint density at radius 3 is 2.77 bits per heavy atom. The Morgan fingerprint density at radius 1 is 1.32 bits per heavy atom. The van der Waals surface area contributed by atoms with E-state index in [9.17, 15) is 4.79 Å². The van der Waals surface area contributed by atoms with Gasteiger partial charge < -0.3 is 15.0 Å². The lowest BCUT2D eigenvalue weighted by molar-refractivity contribution is -0.135. The van der Waals surface area contributed by atoms with E-state index in [2.05, 4.69) is 10.3 Å². The maximum Gasteiger partial charge on any atom is 0.244 e. The van der Waals surface area contributed by atoms with Crippen LogP contribution in [0.3, 0.4) is 0 Å². The zero-order chi connectivity index (χ0) is 15.4. The molecule has 1 fully saturated rings. The van der Waals surface area contributed by atoms with Gasteiger partial charge in [0.1, 0.15) is 6.04 Å². The smallest absolute Gasteiger partial charge is 0.244 e. The molecule has 22 heavy (non-hydrogen) atoms. The Labute approximate surface area is 133 Å². The number of carbonyl (C=O) groups is 1. The summed E-state index contributed by atoms with van der Waals surface area (Å²) in [5.41, 5.74) is 2.01. The third kappa shape index (κ3) is 3.45. The molecule has 0 saturated carbocycles. The van der Waals surface area contributed by atoms with Gasteiger partial charge in [0, 0.05) is 24.0 Å². The number of nitrogens with one attached hydrogen (secondary N) is 1. The Morgan fingerprint density at radius 2 is 2.05 bits per heavy atom. The molecule has 0 radical (unpaired) electrons. The topological polar surface area (TPSA) is 54.5 Å². The van der Waals surface area contributed by atoms with E-state index in [1.807, 2.05) is 47.5 Å². The molecule has 1 aromatic heterocycles. The van der Waals surface area contributed by atoms with Gasteiger partial charge in [-0.15, -0.1) is 11.3 Å². The molecule has 1 N–H and O–H groups in total. The number of hydrogen-bond acceptors (Lipinski definition) is 5. The molecule has 1 amide bonds. The van der Waals surface area contributed by atoms with Gasteiger partial charge in [0.25, 0.3) is 0 Å². The first-order valence-electron chi connectivity index (χ1n) is 7.38. The zero-order valence-corrected chi connectivity index (χ0v) is 13.3. The Balaban J connectivity index is 1.63. The van der Waals surface area contributed by atoms with Crippen molar-refractivity contribution in [2.45, 2.75) is 13.0 Å². The zero-order valence-electron chi connectivity index (χ0n) is 12.5. The second-order valence-electron chi connectivity index (χ2n) is 5.21. The van der Waals surface area contributed by atoms with Crippen molar-refractivity contribution in [1.82, 2.24) is 9.88 Å². The first kappa shape index (κ1) is 15.0. The SMILES string of the molecule is CC(Nc1nc(-c2ccccc2)cs1)C(=O)N1CCOCC1. The highest BCUT2D eigenvalue weighted by molar-refractivity contribution is 7.14. The minimum atomic E-state index is -0.284. The molecule has 116 valence electrons. The molecule has 1 unspecified atom stereocenters. The highest BCUT2D eigenvalue weighted by Crippen LogP contribution is 2.25. The number of ether oxygens (including phenoxy) is 1. The van der Waals surface area contributed by atoms with Crippen LogP contribution in [0.2, 0.25) is 0 Å². The van der Waals surface area contributed by atoms with E-state index in [1.54, 1.807) is 0 Å². The van der Waals surface area contributed by atoms with E-state index < -0.39 is 0 Å². The highest BCUT2D eigenvalue weighted by atomic mass is 32.1. The fourth-order valence-electron chi connectivity index (χ4n) is 2.39. The molecule has 0 spiro atoms. The number of hydrogen-bond donors (Lipinski definition) is 1. The summed E-state index contributed by atoms with van der Waals surface area (Å²) < 4.78 is 5.28. The lowest BCUT2D eigenvalue weighted by atomic mass is 10.2. The summed E-state index contributed by atoms with van der Waals surface area (Å²) in [5.74, 6) is 0.0970. The van der Waals surface area contributed by atoms with Crippen LogP contribution in [-0.4, -0.2) is 48.1 Å². The predicted octanol–water partition coefficient (Wildman–Crippen LogP) is 2.47. The molecule has 1 aliphatic rings. The number of thiazole rings is 1. The first-order valence-corrected chi connectivity index (χ1v) is 8.26. The van der Waals surface area contributed by atoms with Crippen LogP contribution in [-0.2, 0) is 9.53 Å². The van der Waals surface area contributed by atoms with Crippen molar-refractivity contribution in [3.63, 3.8) is 0 Å². The number of benzene rings is 1. The standard InChI is InChI=1S/C16H19N3O2S/c1-12(15(20)19-7-9-21-10-8-19)17-16-18-14(11-22-16)13-5-3-2-4-6-13/h2-6,11-12H,7-10H2,1H3,(H,17,18). The Kier molecular flexibility index (Phi) is 4.70. The van der Waals surface area contributed by atoms with Crippen LogP contribution in [0, 0.1) is 0 Å². The number of anilines is 1. The fraction of sp³-hybridized carbons (Fsp3) is 0.375. The van der Waals surface area contributed by atoms with Gasteiger partial charge in [-0.2, -0.15) is 0 Å². The number of nitrogens with zero attached hydrogens (tertiary/aromatic N) is 2. The molecule has 1 atom stereocenters. The van der Waals surface area contributed by atoms with Gasteiger partial charge in [0.05, 0.1) is 18.9 Å². The van der Waals surface area contributed by atoms with Crippen LogP contribution in [0.4, 0.5) is 5.13 Å². The normalized spacial score (nSPS) is 16.3. The van der Waals surface area contributed by atoms with E-state index in [0.29, 0.717) is 26.3 Å². The molecule has 0 bridgehead atoms. The average molecular weight is 317 g/mol. The quantitative estimate of drug-likeness (QED) is 0.941. The number of amides is 1. The van der Waals surface area contributed by atoms with Gasteiger partial charge in [0.15, 0.2) is 5.13 Å². The van der Waals surface area contributed by atoms with Crippen molar-refractivity contribution in [2.75, 3.05) is 31.6 Å². The minimum Gasteiger partial charge on any atom is -0.378 e. The monoisotopic (exact) mass is 317 g/mol. The van der Waals surface area contributed by atoms with Crippen LogP contribution >= 0.6 is 11.3 Å². The van der Waals surface area contributed by atoms with Gasteiger partial charge in [-0.25, -0.2) is 4.98 Å². The average Bonchev–Trinajstić information content (AvgIpc) is 3.04. The summed E-state index contributed by atoms with van der Waals surface area (Å²) in [6.07, 6.45) is 0. The number of aromatic nitrogens is 1. The van der Waals surface area contributed by atoms with Gasteiger partial charge in [-0.1, -0.05) is 30.3 Å². The van der Waals surface area contributed by atoms with Gasteiger partial charge in [-0.05, 0) is 6.92 Å². The molecule has 0 aliphatic carbocycles. The van der Waals surface area contributed by atoms with Crippen molar-refractivity contribution in [1.29, 1.82) is 0 Å². The molecular formula is C16H19N3O2S. The van der Waals surface area contributed by atoms with Crippen molar-refractivity contribution in [3.8, 4) is 11.3 Å². The predicted molar refractivity (Wildman–Crippen MR) is 88.0 cm³/mol. The fourth-order valence-corrected chi connectivity index (χ4v) is 3.19. The Bertz CT molecular complexity index is 623. The van der Waals surface area contributed by atoms with Crippen molar-refractivity contribution in [2.24, 2.45) is 0 Å². The van der Waals surface area contributed by atoms with Crippen molar-refractivity contribution >= 4 is 22.4 Å². The summed E-state index contributed by atoms with van der Waals surface area (Å²) >= 11 is 1.52. The van der Waals surface area contributed by atoms with Crippen molar-refractivity contribution < 1.29 is 9.53 Å². The van der Waals surface area contributed by atoms with Crippen molar-refractivity contribution in [3.05, 3.63) is 35.7 Å². The largest absolute Gasteiger partial charge is 0.378 e. The van der Waals surface area contributed by atoms with E-state index in [4.69, 9.17) is 4.74 Å². The van der Waals surface area contributed by atoms with Crippen LogP contribution in [0.15, 0.2) is 35.7 Å². The third-order valence-corrected chi connectivity index (χ3v) is 4.38. The summed E-state index contributed by atoms with van der Waals surface area (Å²) in [6, 6.07) is 9.74. The van der Waals surface area contributed by atoms with Gasteiger partial charge >= 0.3 is 0 Å². The van der Waals surface area contributed by atoms with Crippen LogP contribution in [0.25, 0.3) is 11.3 Å². The molecule has 5 nitrogen and oxygen atoms in total. The number of carbonyl (C=O) groups excluding carboxylic acids is 1. The maximum atomic E-state index is 12.4. The molecule has 2 aromatic rings. The molecule has 6 heteroatoms. The molecule has 1 aromatic carbocycles. The second-order valence-corrected chi connectivity index (χ2v) is 6.07. The van der Waals surface area contributed by atoms with E-state index in [1.165, 1.54) is 11.3 Å². The summed E-state index contributed by atoms with van der Waals surface area (Å²) in [5, 5.41) is 5.98. The highest BCUT2D eigenvalue weighted by Gasteiger charge is 2.22. The summed E-state index contributed by atoms with van der Waals surface area (Å²) in [7, 11) is 0. The van der Waals surface area contributed by atoms with Crippen LogP contribution in [0.5, 0.6) is 0 Å². The lowest BCUT2D eigenvalue weighted by Gasteiger charge is -2.29. The minimum absolute atomic E-state index is 0.0970.